The second-order valence-corrected chi connectivity index (χ2v) is 2.59. The third-order valence-corrected chi connectivity index (χ3v) is 1.58. The van der Waals surface area contributed by atoms with Crippen molar-refractivity contribution in [3.05, 3.63) is 30.0 Å². The minimum absolute atomic E-state index is 0. The average Bonchev–Trinajstić information content (AvgIpc) is 2.26. The highest BCUT2D eigenvalue weighted by Crippen LogP contribution is 2.02. The molecule has 1 heterocycles. The summed E-state index contributed by atoms with van der Waals surface area (Å²) in [6.45, 7) is 0.671. The lowest BCUT2D eigenvalue weighted by Gasteiger charge is -1.99. The lowest BCUT2D eigenvalue weighted by atomic mass is 10.1. The van der Waals surface area contributed by atoms with Crippen LogP contribution in [0.2, 0.25) is 0 Å². The van der Waals surface area contributed by atoms with E-state index in [-0.39, 0.29) is 54.8 Å². The Morgan fingerprint density at radius 3 is 3.00 bits per heavy atom. The van der Waals surface area contributed by atoms with Crippen LogP contribution in [0.4, 0.5) is 0 Å². The molecule has 0 aromatic carbocycles. The number of pyridine rings is 1. The molecule has 0 aliphatic rings. The molecule has 0 aliphatic heterocycles. The molecule has 1 aromatic rings. The number of aromatic nitrogens is 1. The first-order chi connectivity index (χ1) is 7.99. The van der Waals surface area contributed by atoms with Gasteiger partial charge in [-0.1, -0.05) is 0 Å². The fourth-order valence-electron chi connectivity index (χ4n) is 0.913. The van der Waals surface area contributed by atoms with Crippen LogP contribution in [0.5, 0.6) is 0 Å². The monoisotopic (exact) mass is 254 g/mol. The molecule has 3 nitrogen and oxygen atoms in total. The van der Waals surface area contributed by atoms with E-state index in [0.717, 1.165) is 0 Å². The summed E-state index contributed by atoms with van der Waals surface area (Å²) in [5.41, 5.74) is -0.151. The van der Waals surface area contributed by atoms with E-state index in [1.54, 1.807) is 7.05 Å². The maximum absolute atomic E-state index is 11.8. The molecule has 0 bridgehead atoms. The van der Waals surface area contributed by atoms with Gasteiger partial charge in [0, 0.05) is 24.3 Å². The quantitative estimate of drug-likeness (QED) is 0.647. The van der Waals surface area contributed by atoms with Gasteiger partial charge >= 0.3 is 0 Å². The third-order valence-electron chi connectivity index (χ3n) is 1.58. The van der Waals surface area contributed by atoms with Crippen LogP contribution in [-0.4, -0.2) is 24.4 Å². The van der Waals surface area contributed by atoms with E-state index in [4.69, 9.17) is 5.48 Å². The summed E-state index contributed by atoms with van der Waals surface area (Å²) >= 11 is 0. The van der Waals surface area contributed by atoms with Gasteiger partial charge < -0.3 is 5.32 Å². The fourth-order valence-corrected chi connectivity index (χ4v) is 0.913. The van der Waals surface area contributed by atoms with Crippen molar-refractivity contribution >= 4 is 30.6 Å². The van der Waals surface area contributed by atoms with Gasteiger partial charge in [0.1, 0.15) is 0 Å². The van der Waals surface area contributed by atoms with Crippen molar-refractivity contribution in [2.45, 2.75) is 12.8 Å². The third kappa shape index (κ3) is 6.44. The summed E-state index contributed by atoms with van der Waals surface area (Å²) in [6.07, 6.45) is -0.0152. The second kappa shape index (κ2) is 9.90. The van der Waals surface area contributed by atoms with Crippen molar-refractivity contribution in [3.8, 4) is 0 Å². The zero-order valence-electron chi connectivity index (χ0n) is 12.3. The highest BCUT2D eigenvalue weighted by atomic mass is 35.5. The predicted molar refractivity (Wildman–Crippen MR) is 66.2 cm³/mol. The van der Waals surface area contributed by atoms with Gasteiger partial charge in [0.2, 0.25) is 0 Å². The summed E-state index contributed by atoms with van der Waals surface area (Å²) in [5.74, 6) is -0.365. The lowest BCUT2D eigenvalue weighted by Crippen LogP contribution is -2.10. The van der Waals surface area contributed by atoms with Crippen LogP contribution >= 0.6 is 24.8 Å². The molecule has 1 aromatic heterocycles. The summed E-state index contributed by atoms with van der Waals surface area (Å²) in [5, 5.41) is 2.90. The van der Waals surface area contributed by atoms with E-state index in [9.17, 15) is 4.79 Å². The molecule has 0 aliphatic carbocycles. The van der Waals surface area contributed by atoms with E-state index in [0.29, 0.717) is 13.0 Å². The van der Waals surface area contributed by atoms with E-state index >= 15 is 0 Å². The van der Waals surface area contributed by atoms with Gasteiger partial charge in [-0.3, -0.25) is 9.78 Å². The van der Waals surface area contributed by atoms with Gasteiger partial charge in [0.05, 0.1) is 5.48 Å². The molecular weight excluding hydrogens is 235 g/mol. The van der Waals surface area contributed by atoms with Crippen molar-refractivity contribution < 1.29 is 10.3 Å². The Morgan fingerprint density at radius 2 is 2.33 bits per heavy atom. The molecule has 86 valence electrons. The highest BCUT2D eigenvalue weighted by molar-refractivity contribution is 5.95. The molecule has 0 unspecified atom stereocenters. The molecule has 5 heteroatoms. The first-order valence-electron chi connectivity index (χ1n) is 6.11. The zero-order valence-corrected chi connectivity index (χ0v) is 9.93. The number of carbonyl (C=O) groups is 1. The minimum Gasteiger partial charge on any atom is -0.320 e. The molecule has 0 spiro atoms. The number of Topliss-reactive ketones (excluding diaryl/α,β-unsaturated/α-hetero) is 1. The number of ketones is 1. The van der Waals surface area contributed by atoms with Crippen LogP contribution < -0.4 is 5.32 Å². The molecule has 0 saturated carbocycles. The molecule has 0 radical (unpaired) electrons. The molecule has 0 atom stereocenters. The van der Waals surface area contributed by atoms with Crippen LogP contribution in [0, 0.1) is 0 Å². The van der Waals surface area contributed by atoms with Crippen molar-refractivity contribution in [1.82, 2.24) is 10.3 Å². The van der Waals surface area contributed by atoms with Crippen LogP contribution in [0.25, 0.3) is 0 Å². The van der Waals surface area contributed by atoms with E-state index < -0.39 is 12.2 Å². The Morgan fingerprint density at radius 1 is 1.60 bits per heavy atom. The van der Waals surface area contributed by atoms with Crippen LogP contribution in [0.1, 0.15) is 28.7 Å². The second-order valence-electron chi connectivity index (χ2n) is 2.59. The lowest BCUT2D eigenvalue weighted by molar-refractivity contribution is 0.0980. The standard InChI is InChI=1S/C10H14N2O.2ClH/c1-11-6-3-5-10(13)9-4-2-7-12-8-9;;/h2,4,7-8,11H,3,5-6H2,1H3;2*1H/i2D,4D,7D,8D;;. The molecule has 1 N–H and O–H groups in total. The highest BCUT2D eigenvalue weighted by Gasteiger charge is 2.03. The number of nitrogens with zero attached hydrogens (tertiary/aromatic N) is 1. The molecule has 0 amide bonds. The number of hydrogen-bond acceptors (Lipinski definition) is 3. The normalized spacial score (nSPS) is 12.3. The largest absolute Gasteiger partial charge is 0.320 e. The minimum atomic E-state index is -0.438. The van der Waals surface area contributed by atoms with Gasteiger partial charge in [0.25, 0.3) is 0 Å². The Labute approximate surface area is 108 Å². The Hall–Kier alpha value is -0.640. The summed E-state index contributed by atoms with van der Waals surface area (Å²) in [7, 11) is 1.77. The number of rotatable bonds is 5. The molecule has 0 fully saturated rings. The van der Waals surface area contributed by atoms with Crippen molar-refractivity contribution in [3.63, 3.8) is 0 Å². The average molecular weight is 255 g/mol. The summed E-state index contributed by atoms with van der Waals surface area (Å²) < 4.78 is 29.7. The number of nitrogens with one attached hydrogen (secondary N) is 1. The van der Waals surface area contributed by atoms with Crippen molar-refractivity contribution in [2.75, 3.05) is 13.6 Å². The summed E-state index contributed by atoms with van der Waals surface area (Å²) in [6, 6.07) is -0.776. The smallest absolute Gasteiger partial charge is 0.164 e. The number of hydrogen-bond donors (Lipinski definition) is 1. The van der Waals surface area contributed by atoms with Gasteiger partial charge in [-0.2, -0.15) is 0 Å². The molecule has 15 heavy (non-hydrogen) atoms. The van der Waals surface area contributed by atoms with E-state index in [1.165, 1.54) is 0 Å². The molecule has 1 rings (SSSR count). The Bertz CT molecular complexity index is 446. The van der Waals surface area contributed by atoms with E-state index in [2.05, 4.69) is 10.3 Å². The maximum atomic E-state index is 11.8. The SMILES string of the molecule is Cl.Cl.[2H]c1nc([2H])c(C(=O)CCCNC)c([2H])c1[2H]. The first-order valence-corrected chi connectivity index (χ1v) is 4.11. The maximum Gasteiger partial charge on any atom is 0.164 e. The Balaban J connectivity index is 0. The fraction of sp³-hybridized carbons (Fsp3) is 0.400. The summed E-state index contributed by atoms with van der Waals surface area (Å²) in [4.78, 5) is 15.2. The molecular formula is C10H16Cl2N2O. The van der Waals surface area contributed by atoms with Gasteiger partial charge in [-0.25, -0.2) is 0 Å². The molecule has 0 saturated heterocycles. The van der Waals surface area contributed by atoms with Crippen molar-refractivity contribution in [2.24, 2.45) is 0 Å². The van der Waals surface area contributed by atoms with Gasteiger partial charge in [-0.05, 0) is 32.1 Å². The van der Waals surface area contributed by atoms with Gasteiger partial charge in [0.15, 0.2) is 5.78 Å². The Kier molecular flexibility index (Phi) is 6.32. The first kappa shape index (κ1) is 9.58. The van der Waals surface area contributed by atoms with Crippen LogP contribution in [0.15, 0.2) is 24.4 Å². The topological polar surface area (TPSA) is 42.0 Å². The predicted octanol–water partition coefficient (Wildman–Crippen LogP) is 2.11. The number of carbonyl (C=O) groups excluding carboxylic acids is 1. The van der Waals surface area contributed by atoms with Crippen molar-refractivity contribution in [1.29, 1.82) is 0 Å². The van der Waals surface area contributed by atoms with Gasteiger partial charge in [-0.15, -0.1) is 24.8 Å². The van der Waals surface area contributed by atoms with Crippen LogP contribution in [-0.2, 0) is 0 Å². The van der Waals surface area contributed by atoms with E-state index in [1.807, 2.05) is 0 Å². The number of halogens is 2. The zero-order chi connectivity index (χ0) is 13.0. The van der Waals surface area contributed by atoms with Crippen LogP contribution in [0.3, 0.4) is 0 Å².